The predicted molar refractivity (Wildman–Crippen MR) is 176 cm³/mol. The molecule has 10 nitrogen and oxygen atoms in total. The molecule has 43 heavy (non-hydrogen) atoms. The van der Waals surface area contributed by atoms with Crippen LogP contribution in [0.1, 0.15) is 47.3 Å². The summed E-state index contributed by atoms with van der Waals surface area (Å²) in [6.45, 7) is 7.23. The average Bonchev–Trinajstić information content (AvgIpc) is 3.42. The molecule has 0 saturated carbocycles. The van der Waals surface area contributed by atoms with Crippen LogP contribution in [-0.4, -0.2) is 48.5 Å². The highest BCUT2D eigenvalue weighted by Gasteiger charge is 2.15. The third kappa shape index (κ3) is 9.48. The van der Waals surface area contributed by atoms with E-state index in [1.54, 1.807) is 37.4 Å². The standard InChI is InChI=1S/C31H32IN5O5S/c1-31(2,3)22-10-12-23(13-11-22)41-14-15-42-28-24(32)16-20(17-25(28)40-4)19-33-35-26(38)18-27-36-37-30(43-27)34-29(39)21-8-6-5-7-9-21/h5-13,16-17,19H,14-15,18H2,1-4H3,(H,35,38)(H,34,37,39). The van der Waals surface area contributed by atoms with E-state index in [4.69, 9.17) is 14.2 Å². The van der Waals surface area contributed by atoms with Crippen molar-refractivity contribution in [2.24, 2.45) is 5.10 Å². The van der Waals surface area contributed by atoms with Crippen LogP contribution in [0.3, 0.4) is 0 Å². The summed E-state index contributed by atoms with van der Waals surface area (Å²) in [5.74, 6) is 1.25. The first-order valence-electron chi connectivity index (χ1n) is 13.4. The maximum Gasteiger partial charge on any atom is 0.257 e. The first-order chi connectivity index (χ1) is 20.6. The van der Waals surface area contributed by atoms with E-state index in [9.17, 15) is 9.59 Å². The van der Waals surface area contributed by atoms with Gasteiger partial charge in [0, 0.05) is 5.56 Å². The van der Waals surface area contributed by atoms with Gasteiger partial charge in [0.1, 0.15) is 24.0 Å². The lowest BCUT2D eigenvalue weighted by molar-refractivity contribution is -0.120. The summed E-state index contributed by atoms with van der Waals surface area (Å²) in [5, 5.41) is 15.4. The first kappa shape index (κ1) is 31.9. The summed E-state index contributed by atoms with van der Waals surface area (Å²) in [6.07, 6.45) is 1.48. The van der Waals surface area contributed by atoms with Crippen LogP contribution >= 0.6 is 33.9 Å². The largest absolute Gasteiger partial charge is 0.493 e. The molecule has 2 amide bonds. The van der Waals surface area contributed by atoms with Crippen LogP contribution in [0.4, 0.5) is 5.13 Å². The summed E-state index contributed by atoms with van der Waals surface area (Å²) < 4.78 is 18.1. The molecule has 0 radical (unpaired) electrons. The van der Waals surface area contributed by atoms with Crippen molar-refractivity contribution < 1.29 is 23.8 Å². The third-order valence-electron chi connectivity index (χ3n) is 6.01. The molecule has 0 spiro atoms. The number of carbonyl (C=O) groups excluding carboxylic acids is 2. The molecule has 1 heterocycles. The lowest BCUT2D eigenvalue weighted by atomic mass is 9.87. The molecule has 4 aromatic rings. The molecule has 1 aromatic heterocycles. The van der Waals surface area contributed by atoms with Crippen molar-refractivity contribution in [3.8, 4) is 17.2 Å². The average molecular weight is 714 g/mol. The lowest BCUT2D eigenvalue weighted by Gasteiger charge is -2.19. The third-order valence-corrected chi connectivity index (χ3v) is 7.65. The molecule has 0 bridgehead atoms. The number of ether oxygens (including phenoxy) is 3. The quantitative estimate of drug-likeness (QED) is 0.0818. The van der Waals surface area contributed by atoms with Gasteiger partial charge in [0.15, 0.2) is 11.5 Å². The molecule has 0 aliphatic rings. The van der Waals surface area contributed by atoms with Gasteiger partial charge in [-0.25, -0.2) is 5.43 Å². The molecule has 0 saturated heterocycles. The number of benzene rings is 3. The van der Waals surface area contributed by atoms with E-state index in [0.29, 0.717) is 46.0 Å². The van der Waals surface area contributed by atoms with E-state index in [2.05, 4.69) is 81.5 Å². The van der Waals surface area contributed by atoms with Crippen LogP contribution in [0.5, 0.6) is 17.2 Å². The van der Waals surface area contributed by atoms with Crippen molar-refractivity contribution in [1.29, 1.82) is 0 Å². The van der Waals surface area contributed by atoms with Gasteiger partial charge in [-0.2, -0.15) is 5.10 Å². The van der Waals surface area contributed by atoms with Crippen molar-refractivity contribution in [1.82, 2.24) is 15.6 Å². The smallest absolute Gasteiger partial charge is 0.257 e. The second kappa shape index (κ2) is 14.9. The highest BCUT2D eigenvalue weighted by Crippen LogP contribution is 2.33. The Hall–Kier alpha value is -4.04. The van der Waals surface area contributed by atoms with E-state index in [0.717, 1.165) is 20.7 Å². The van der Waals surface area contributed by atoms with Crippen molar-refractivity contribution in [3.05, 3.63) is 92.0 Å². The molecular weight excluding hydrogens is 681 g/mol. The molecule has 0 unspecified atom stereocenters. The number of nitrogens with zero attached hydrogens (tertiary/aromatic N) is 3. The number of rotatable bonds is 12. The van der Waals surface area contributed by atoms with Crippen molar-refractivity contribution in [3.63, 3.8) is 0 Å². The van der Waals surface area contributed by atoms with Gasteiger partial charge in [-0.05, 0) is 75.5 Å². The zero-order valence-electron chi connectivity index (χ0n) is 24.2. The number of aromatic nitrogens is 2. The zero-order chi connectivity index (χ0) is 30.8. The van der Waals surface area contributed by atoms with Crippen LogP contribution in [0.2, 0.25) is 0 Å². The van der Waals surface area contributed by atoms with Crippen molar-refractivity contribution in [2.75, 3.05) is 25.6 Å². The molecule has 4 rings (SSSR count). The zero-order valence-corrected chi connectivity index (χ0v) is 27.2. The number of hydrogen-bond acceptors (Lipinski definition) is 9. The van der Waals surface area contributed by atoms with E-state index < -0.39 is 0 Å². The number of methoxy groups -OCH3 is 1. The minimum atomic E-state index is -0.372. The molecule has 2 N–H and O–H groups in total. The summed E-state index contributed by atoms with van der Waals surface area (Å²) >= 11 is 3.29. The SMILES string of the molecule is COc1cc(C=NNC(=O)Cc2nnc(NC(=O)c3ccccc3)s2)cc(I)c1OCCOc1ccc(C(C)(C)C)cc1. The Kier molecular flexibility index (Phi) is 11.1. The fourth-order valence-electron chi connectivity index (χ4n) is 3.80. The fraction of sp³-hybridized carbons (Fsp3) is 0.258. The second-order valence-corrected chi connectivity index (χ2v) is 12.5. The molecule has 12 heteroatoms. The Morgan fingerprint density at radius 2 is 1.72 bits per heavy atom. The fourth-order valence-corrected chi connectivity index (χ4v) is 5.31. The topological polar surface area (TPSA) is 124 Å². The second-order valence-electron chi connectivity index (χ2n) is 10.3. The molecule has 0 atom stereocenters. The van der Waals surface area contributed by atoms with Crippen LogP contribution in [0.25, 0.3) is 0 Å². The Bertz CT molecular complexity index is 1570. The maximum absolute atomic E-state index is 12.4. The molecule has 0 aliphatic carbocycles. The van der Waals surface area contributed by atoms with Crippen LogP contribution in [0, 0.1) is 3.57 Å². The molecule has 0 fully saturated rings. The predicted octanol–water partition coefficient (Wildman–Crippen LogP) is 5.85. The lowest BCUT2D eigenvalue weighted by Crippen LogP contribution is -2.19. The van der Waals surface area contributed by atoms with Crippen molar-refractivity contribution >= 4 is 57.1 Å². The molecule has 0 aliphatic heterocycles. The number of carbonyl (C=O) groups is 2. The number of halogens is 1. The monoisotopic (exact) mass is 713 g/mol. The Labute approximate surface area is 268 Å². The normalized spacial score (nSPS) is 11.3. The van der Waals surface area contributed by atoms with Crippen LogP contribution in [-0.2, 0) is 16.6 Å². The Morgan fingerprint density at radius 1 is 1.00 bits per heavy atom. The number of anilines is 1. The van der Waals surface area contributed by atoms with E-state index in [-0.39, 0.29) is 23.7 Å². The van der Waals surface area contributed by atoms with Gasteiger partial charge in [-0.15, -0.1) is 10.2 Å². The minimum absolute atomic E-state index is 0.0351. The summed E-state index contributed by atoms with van der Waals surface area (Å²) in [5.41, 5.74) is 5.04. The first-order valence-corrected chi connectivity index (χ1v) is 15.3. The summed E-state index contributed by atoms with van der Waals surface area (Å²) in [6, 6.07) is 20.5. The molecule has 3 aromatic carbocycles. The van der Waals surface area contributed by atoms with Gasteiger partial charge in [0.25, 0.3) is 5.91 Å². The van der Waals surface area contributed by atoms with Gasteiger partial charge in [-0.3, -0.25) is 14.9 Å². The van der Waals surface area contributed by atoms with Gasteiger partial charge in [0.05, 0.1) is 23.3 Å². The van der Waals surface area contributed by atoms with Gasteiger partial charge in [-0.1, -0.05) is 62.4 Å². The highest BCUT2D eigenvalue weighted by atomic mass is 127. The molecule has 224 valence electrons. The Balaban J connectivity index is 1.25. The van der Waals surface area contributed by atoms with E-state index >= 15 is 0 Å². The molecular formula is C31H32IN5O5S. The Morgan fingerprint density at radius 3 is 2.42 bits per heavy atom. The summed E-state index contributed by atoms with van der Waals surface area (Å²) in [4.78, 5) is 24.7. The van der Waals surface area contributed by atoms with Crippen LogP contribution < -0.4 is 25.0 Å². The van der Waals surface area contributed by atoms with Crippen molar-refractivity contribution in [2.45, 2.75) is 32.6 Å². The minimum Gasteiger partial charge on any atom is -0.493 e. The van der Waals surface area contributed by atoms with E-state index in [1.807, 2.05) is 24.3 Å². The van der Waals surface area contributed by atoms with Gasteiger partial charge < -0.3 is 14.2 Å². The summed E-state index contributed by atoms with van der Waals surface area (Å²) in [7, 11) is 1.56. The number of hydrogen-bond donors (Lipinski definition) is 2. The number of hydrazone groups is 1. The van der Waals surface area contributed by atoms with Crippen LogP contribution in [0.15, 0.2) is 71.8 Å². The number of nitrogens with one attached hydrogen (secondary N) is 2. The number of amides is 2. The van der Waals surface area contributed by atoms with Gasteiger partial charge in [0.2, 0.25) is 11.0 Å². The van der Waals surface area contributed by atoms with E-state index in [1.165, 1.54) is 11.8 Å². The highest BCUT2D eigenvalue weighted by molar-refractivity contribution is 14.1. The maximum atomic E-state index is 12.4. The van der Waals surface area contributed by atoms with Gasteiger partial charge >= 0.3 is 0 Å².